The van der Waals surface area contributed by atoms with Gasteiger partial charge in [-0.25, -0.2) is 4.89 Å². The molecular weight excluding hydrogens is 243 g/mol. The first-order valence-electron chi connectivity index (χ1n) is 3.77. The fourth-order valence-electron chi connectivity index (χ4n) is 1.38. The van der Waals surface area contributed by atoms with Gasteiger partial charge < -0.3 is 0 Å². The number of hydrogen-bond acceptors (Lipinski definition) is 2. The first-order chi connectivity index (χ1) is 4.83. The number of hydrogen-bond donors (Lipinski definition) is 0. The zero-order valence-electron chi connectivity index (χ0n) is 6.18. The minimum absolute atomic E-state index is 0.355. The van der Waals surface area contributed by atoms with Crippen molar-refractivity contribution >= 4 is 23.0 Å². The van der Waals surface area contributed by atoms with Crippen molar-refractivity contribution < 1.29 is 8.10 Å². The van der Waals surface area contributed by atoms with Crippen LogP contribution in [0.3, 0.4) is 0 Å². The van der Waals surface area contributed by atoms with Crippen LogP contribution < -0.4 is 0 Å². The molecule has 0 N–H and O–H groups in total. The van der Waals surface area contributed by atoms with Crippen LogP contribution in [0, 0.1) is 5.92 Å². The van der Waals surface area contributed by atoms with E-state index >= 15 is 0 Å². The Morgan fingerprint density at radius 2 is 1.80 bits per heavy atom. The minimum atomic E-state index is 0.355. The normalized spacial score (nSPS) is 34.2. The highest BCUT2D eigenvalue weighted by molar-refractivity contribution is 14.1. The molecule has 1 fully saturated rings. The van der Waals surface area contributed by atoms with Gasteiger partial charge in [-0.1, -0.05) is 6.92 Å². The molecule has 0 amide bonds. The summed E-state index contributed by atoms with van der Waals surface area (Å²) in [4.78, 5) is 5.02. The summed E-state index contributed by atoms with van der Waals surface area (Å²) in [6.45, 7) is 2.29. The molecule has 0 atom stereocenters. The highest BCUT2D eigenvalue weighted by Crippen LogP contribution is 2.25. The molecule has 0 heterocycles. The van der Waals surface area contributed by atoms with Crippen molar-refractivity contribution in [3.05, 3.63) is 0 Å². The fourth-order valence-corrected chi connectivity index (χ4v) is 1.67. The molecule has 3 heteroatoms. The topological polar surface area (TPSA) is 18.5 Å². The summed E-state index contributed by atoms with van der Waals surface area (Å²) in [7, 11) is 0. The standard InChI is InChI=1S/C7H13IO2/c1-6-2-4-7(5-3-6)9-10-8/h6-7H,2-5H2,1H3. The van der Waals surface area contributed by atoms with E-state index in [1.807, 2.05) is 0 Å². The molecule has 1 saturated carbocycles. The zero-order chi connectivity index (χ0) is 7.40. The van der Waals surface area contributed by atoms with E-state index in [9.17, 15) is 0 Å². The molecule has 2 nitrogen and oxygen atoms in total. The smallest absolute Gasteiger partial charge is 0.155 e. The molecule has 0 aromatic rings. The van der Waals surface area contributed by atoms with E-state index in [1.54, 1.807) is 23.0 Å². The molecular formula is C7H13IO2. The SMILES string of the molecule is CC1CCC(OOI)CC1. The Morgan fingerprint density at radius 1 is 1.20 bits per heavy atom. The van der Waals surface area contributed by atoms with Gasteiger partial charge in [-0.05, 0) is 31.6 Å². The van der Waals surface area contributed by atoms with E-state index in [0.717, 1.165) is 18.8 Å². The Morgan fingerprint density at radius 3 is 2.30 bits per heavy atom. The molecule has 0 unspecified atom stereocenters. The van der Waals surface area contributed by atoms with E-state index in [-0.39, 0.29) is 0 Å². The summed E-state index contributed by atoms with van der Waals surface area (Å²) < 4.78 is 4.59. The molecule has 1 rings (SSSR count). The van der Waals surface area contributed by atoms with Gasteiger partial charge in [0.2, 0.25) is 0 Å². The lowest BCUT2D eigenvalue weighted by atomic mass is 9.89. The quantitative estimate of drug-likeness (QED) is 0.429. The van der Waals surface area contributed by atoms with Crippen molar-refractivity contribution in [3.63, 3.8) is 0 Å². The van der Waals surface area contributed by atoms with Gasteiger partial charge in [0.05, 0.1) is 6.10 Å². The van der Waals surface area contributed by atoms with Crippen LogP contribution in [0.1, 0.15) is 32.6 Å². The van der Waals surface area contributed by atoms with Crippen LogP contribution in [0.5, 0.6) is 0 Å². The summed E-state index contributed by atoms with van der Waals surface area (Å²) >= 11 is 1.77. The van der Waals surface area contributed by atoms with Crippen LogP contribution in [-0.4, -0.2) is 6.10 Å². The van der Waals surface area contributed by atoms with Crippen LogP contribution in [0.15, 0.2) is 0 Å². The minimum Gasteiger partial charge on any atom is -0.223 e. The van der Waals surface area contributed by atoms with E-state index in [1.165, 1.54) is 12.8 Å². The maximum atomic E-state index is 5.02. The fraction of sp³-hybridized carbons (Fsp3) is 1.00. The van der Waals surface area contributed by atoms with Gasteiger partial charge in [0.1, 0.15) is 0 Å². The summed E-state index contributed by atoms with van der Waals surface area (Å²) in [6.07, 6.45) is 5.23. The van der Waals surface area contributed by atoms with E-state index < -0.39 is 0 Å². The van der Waals surface area contributed by atoms with Crippen molar-refractivity contribution in [3.8, 4) is 0 Å². The molecule has 0 aromatic heterocycles. The Bertz CT molecular complexity index is 89.6. The maximum absolute atomic E-state index is 5.02. The van der Waals surface area contributed by atoms with Gasteiger partial charge in [-0.2, -0.15) is 3.22 Å². The van der Waals surface area contributed by atoms with Crippen LogP contribution in [-0.2, 0) is 8.10 Å². The average Bonchev–Trinajstić information content (AvgIpc) is 1.95. The Labute approximate surface area is 75.9 Å². The van der Waals surface area contributed by atoms with Gasteiger partial charge in [-0.15, -0.1) is 0 Å². The van der Waals surface area contributed by atoms with Crippen molar-refractivity contribution in [2.45, 2.75) is 38.7 Å². The zero-order valence-corrected chi connectivity index (χ0v) is 8.34. The second-order valence-corrected chi connectivity index (χ2v) is 3.40. The summed E-state index contributed by atoms with van der Waals surface area (Å²) in [5.74, 6) is 0.883. The Kier molecular flexibility index (Phi) is 3.95. The highest BCUT2D eigenvalue weighted by Gasteiger charge is 2.18. The Hall–Kier alpha value is 0.650. The lowest BCUT2D eigenvalue weighted by molar-refractivity contribution is -0.218. The van der Waals surface area contributed by atoms with Gasteiger partial charge in [0.25, 0.3) is 0 Å². The average molecular weight is 256 g/mol. The molecule has 0 bridgehead atoms. The third-order valence-corrected chi connectivity index (χ3v) is 2.34. The van der Waals surface area contributed by atoms with Gasteiger partial charge in [0, 0.05) is 0 Å². The first-order valence-corrected chi connectivity index (χ1v) is 4.65. The molecule has 10 heavy (non-hydrogen) atoms. The van der Waals surface area contributed by atoms with Gasteiger partial charge >= 0.3 is 0 Å². The van der Waals surface area contributed by atoms with Crippen molar-refractivity contribution in [2.24, 2.45) is 5.92 Å². The molecule has 60 valence electrons. The second kappa shape index (κ2) is 4.51. The van der Waals surface area contributed by atoms with Crippen LogP contribution >= 0.6 is 23.0 Å². The van der Waals surface area contributed by atoms with Gasteiger partial charge in [0.15, 0.2) is 23.0 Å². The largest absolute Gasteiger partial charge is 0.223 e. The third kappa shape index (κ3) is 2.72. The molecule has 0 radical (unpaired) electrons. The van der Waals surface area contributed by atoms with Crippen LogP contribution in [0.4, 0.5) is 0 Å². The molecule has 1 aliphatic rings. The van der Waals surface area contributed by atoms with Crippen LogP contribution in [0.25, 0.3) is 0 Å². The molecule has 1 aliphatic carbocycles. The Balaban J connectivity index is 2.13. The molecule has 0 aromatic carbocycles. The van der Waals surface area contributed by atoms with E-state index in [4.69, 9.17) is 4.89 Å². The second-order valence-electron chi connectivity index (χ2n) is 3.04. The van der Waals surface area contributed by atoms with E-state index in [2.05, 4.69) is 10.1 Å². The summed E-state index contributed by atoms with van der Waals surface area (Å²) in [5, 5.41) is 0. The predicted octanol–water partition coefficient (Wildman–Crippen LogP) is 2.86. The number of rotatable bonds is 2. The van der Waals surface area contributed by atoms with Crippen LogP contribution in [0.2, 0.25) is 0 Å². The van der Waals surface area contributed by atoms with Crippen molar-refractivity contribution in [1.29, 1.82) is 0 Å². The first kappa shape index (κ1) is 8.74. The highest BCUT2D eigenvalue weighted by atomic mass is 127. The number of halogens is 1. The molecule has 0 spiro atoms. The van der Waals surface area contributed by atoms with E-state index in [0.29, 0.717) is 6.10 Å². The molecule has 0 aliphatic heterocycles. The maximum Gasteiger partial charge on any atom is 0.155 e. The summed E-state index contributed by atoms with van der Waals surface area (Å²) in [5.41, 5.74) is 0. The predicted molar refractivity (Wildman–Crippen MR) is 47.6 cm³/mol. The monoisotopic (exact) mass is 256 g/mol. The lowest BCUT2D eigenvalue weighted by Crippen LogP contribution is -2.19. The van der Waals surface area contributed by atoms with Crippen molar-refractivity contribution in [2.75, 3.05) is 0 Å². The summed E-state index contributed by atoms with van der Waals surface area (Å²) in [6, 6.07) is 0. The third-order valence-electron chi connectivity index (χ3n) is 2.14. The van der Waals surface area contributed by atoms with Gasteiger partial charge in [-0.3, -0.25) is 0 Å². The molecule has 0 saturated heterocycles. The lowest BCUT2D eigenvalue weighted by Gasteiger charge is -2.23. The van der Waals surface area contributed by atoms with Crippen molar-refractivity contribution in [1.82, 2.24) is 0 Å².